The van der Waals surface area contributed by atoms with E-state index in [4.69, 9.17) is 5.26 Å². The summed E-state index contributed by atoms with van der Waals surface area (Å²) in [7, 11) is 1.75. The molecule has 0 saturated heterocycles. The van der Waals surface area contributed by atoms with Gasteiger partial charge in [0.25, 0.3) is 5.91 Å². The third-order valence-electron chi connectivity index (χ3n) is 2.74. The van der Waals surface area contributed by atoms with Crippen LogP contribution in [0, 0.1) is 18.3 Å². The van der Waals surface area contributed by atoms with E-state index in [2.05, 4.69) is 15.6 Å². The number of rotatable bonds is 3. The normalized spacial score (nSPS) is 9.65. The predicted molar refractivity (Wildman–Crippen MR) is 77.6 cm³/mol. The molecule has 1 aromatic carbocycles. The van der Waals surface area contributed by atoms with Gasteiger partial charge in [0.1, 0.15) is 5.82 Å². The molecule has 100 valence electrons. The molecule has 5 heteroatoms. The van der Waals surface area contributed by atoms with Crippen molar-refractivity contribution in [1.82, 2.24) is 4.98 Å². The Hall–Kier alpha value is -2.87. The van der Waals surface area contributed by atoms with Crippen LogP contribution in [0.1, 0.15) is 21.6 Å². The zero-order chi connectivity index (χ0) is 14.5. The van der Waals surface area contributed by atoms with Gasteiger partial charge in [0.2, 0.25) is 0 Å². The summed E-state index contributed by atoms with van der Waals surface area (Å²) >= 11 is 0. The van der Waals surface area contributed by atoms with Crippen molar-refractivity contribution in [2.45, 2.75) is 6.92 Å². The topological polar surface area (TPSA) is 77.8 Å². The van der Waals surface area contributed by atoms with E-state index >= 15 is 0 Å². The minimum absolute atomic E-state index is 0.211. The van der Waals surface area contributed by atoms with Gasteiger partial charge in [-0.25, -0.2) is 4.98 Å². The van der Waals surface area contributed by atoms with Crippen LogP contribution in [0.2, 0.25) is 0 Å². The van der Waals surface area contributed by atoms with Crippen LogP contribution < -0.4 is 10.6 Å². The lowest BCUT2D eigenvalue weighted by Crippen LogP contribution is -2.13. The van der Waals surface area contributed by atoms with Crippen molar-refractivity contribution in [3.63, 3.8) is 0 Å². The molecule has 1 amide bonds. The molecular formula is C15H14N4O. The predicted octanol–water partition coefficient (Wildman–Crippen LogP) is 2.56. The lowest BCUT2D eigenvalue weighted by Gasteiger charge is -2.08. The van der Waals surface area contributed by atoms with E-state index < -0.39 is 0 Å². The van der Waals surface area contributed by atoms with Gasteiger partial charge in [-0.3, -0.25) is 4.79 Å². The number of anilines is 2. The Morgan fingerprint density at radius 3 is 2.55 bits per heavy atom. The molecule has 0 unspecified atom stereocenters. The third-order valence-corrected chi connectivity index (χ3v) is 2.74. The highest BCUT2D eigenvalue weighted by atomic mass is 16.1. The average Bonchev–Trinajstić information content (AvgIpc) is 2.47. The van der Waals surface area contributed by atoms with Gasteiger partial charge in [0, 0.05) is 24.0 Å². The summed E-state index contributed by atoms with van der Waals surface area (Å²) in [5.74, 6) is 0.437. The van der Waals surface area contributed by atoms with Crippen molar-refractivity contribution < 1.29 is 4.79 Å². The number of carbonyl (C=O) groups is 1. The first-order chi connectivity index (χ1) is 9.62. The van der Waals surface area contributed by atoms with E-state index in [1.165, 1.54) is 0 Å². The largest absolute Gasteiger partial charge is 0.373 e. The number of nitrogens with one attached hydrogen (secondary N) is 2. The van der Waals surface area contributed by atoms with Crippen LogP contribution in [0.3, 0.4) is 0 Å². The molecule has 0 aliphatic heterocycles. The molecule has 0 bridgehead atoms. The van der Waals surface area contributed by atoms with Gasteiger partial charge in [-0.2, -0.15) is 5.26 Å². The second-order valence-electron chi connectivity index (χ2n) is 4.28. The maximum absolute atomic E-state index is 12.2. The fraction of sp³-hybridized carbons (Fsp3) is 0.133. The number of hydrogen-bond donors (Lipinski definition) is 2. The number of nitriles is 1. The standard InChI is InChI=1S/C15H14N4O/c1-10-7-12(8-14(17-2)18-10)15(20)19-13-5-3-11(9-16)4-6-13/h3-8H,1-2H3,(H,17,18)(H,19,20). The maximum Gasteiger partial charge on any atom is 0.255 e. The number of hydrogen-bond acceptors (Lipinski definition) is 4. The zero-order valence-corrected chi connectivity index (χ0v) is 11.3. The first-order valence-corrected chi connectivity index (χ1v) is 6.10. The SMILES string of the molecule is CNc1cc(C(=O)Nc2ccc(C#N)cc2)cc(C)n1. The molecule has 1 heterocycles. The van der Waals surface area contributed by atoms with Gasteiger partial charge in [-0.1, -0.05) is 0 Å². The fourth-order valence-electron chi connectivity index (χ4n) is 1.76. The van der Waals surface area contributed by atoms with Crippen molar-refractivity contribution in [3.8, 4) is 6.07 Å². The van der Waals surface area contributed by atoms with Crippen LogP contribution in [0.5, 0.6) is 0 Å². The van der Waals surface area contributed by atoms with Crippen molar-refractivity contribution in [1.29, 1.82) is 5.26 Å². The van der Waals surface area contributed by atoms with Crippen LogP contribution in [0.15, 0.2) is 36.4 Å². The summed E-state index contributed by atoms with van der Waals surface area (Å²) in [4.78, 5) is 16.4. The third kappa shape index (κ3) is 3.12. The quantitative estimate of drug-likeness (QED) is 0.895. The number of pyridine rings is 1. The van der Waals surface area contributed by atoms with Crippen molar-refractivity contribution in [2.24, 2.45) is 0 Å². The second kappa shape index (κ2) is 5.85. The molecule has 2 aromatic rings. The Balaban J connectivity index is 2.19. The molecule has 20 heavy (non-hydrogen) atoms. The lowest BCUT2D eigenvalue weighted by atomic mass is 10.2. The van der Waals surface area contributed by atoms with Gasteiger partial charge in [0.05, 0.1) is 11.6 Å². The number of aryl methyl sites for hydroxylation is 1. The Morgan fingerprint density at radius 2 is 1.95 bits per heavy atom. The molecule has 5 nitrogen and oxygen atoms in total. The zero-order valence-electron chi connectivity index (χ0n) is 11.3. The van der Waals surface area contributed by atoms with Gasteiger partial charge in [-0.05, 0) is 43.3 Å². The summed E-state index contributed by atoms with van der Waals surface area (Å²) < 4.78 is 0. The van der Waals surface area contributed by atoms with E-state index in [0.29, 0.717) is 22.6 Å². The smallest absolute Gasteiger partial charge is 0.255 e. The van der Waals surface area contributed by atoms with E-state index in [-0.39, 0.29) is 5.91 Å². The van der Waals surface area contributed by atoms with Crippen LogP contribution in [-0.4, -0.2) is 17.9 Å². The first-order valence-electron chi connectivity index (χ1n) is 6.10. The molecule has 2 N–H and O–H groups in total. The number of benzene rings is 1. The highest BCUT2D eigenvalue weighted by Crippen LogP contribution is 2.14. The first kappa shape index (κ1) is 13.6. The van der Waals surface area contributed by atoms with Gasteiger partial charge in [-0.15, -0.1) is 0 Å². The fourth-order valence-corrected chi connectivity index (χ4v) is 1.76. The molecule has 0 radical (unpaired) electrons. The number of nitrogens with zero attached hydrogens (tertiary/aromatic N) is 2. The molecule has 2 rings (SSSR count). The van der Waals surface area contributed by atoms with E-state index in [1.54, 1.807) is 43.4 Å². The summed E-state index contributed by atoms with van der Waals surface area (Å²) in [5.41, 5.74) is 2.50. The second-order valence-corrected chi connectivity index (χ2v) is 4.28. The highest BCUT2D eigenvalue weighted by molar-refractivity contribution is 6.04. The Bertz CT molecular complexity index is 671. The molecule has 0 aliphatic rings. The van der Waals surface area contributed by atoms with Gasteiger partial charge < -0.3 is 10.6 Å². The van der Waals surface area contributed by atoms with Gasteiger partial charge in [0.15, 0.2) is 0 Å². The molecule has 0 fully saturated rings. The highest BCUT2D eigenvalue weighted by Gasteiger charge is 2.08. The maximum atomic E-state index is 12.2. The minimum atomic E-state index is -0.211. The van der Waals surface area contributed by atoms with E-state index in [1.807, 2.05) is 13.0 Å². The van der Waals surface area contributed by atoms with Crippen molar-refractivity contribution >= 4 is 17.4 Å². The van der Waals surface area contributed by atoms with Gasteiger partial charge >= 0.3 is 0 Å². The summed E-state index contributed by atoms with van der Waals surface area (Å²) in [6, 6.07) is 12.2. The number of amides is 1. The Kier molecular flexibility index (Phi) is 3.96. The molecule has 0 aliphatic carbocycles. The monoisotopic (exact) mass is 266 g/mol. The lowest BCUT2D eigenvalue weighted by molar-refractivity contribution is 0.102. The molecule has 0 saturated carbocycles. The summed E-state index contributed by atoms with van der Waals surface area (Å²) in [5, 5.41) is 14.4. The Morgan fingerprint density at radius 1 is 1.25 bits per heavy atom. The number of carbonyl (C=O) groups excluding carboxylic acids is 1. The molecule has 0 atom stereocenters. The minimum Gasteiger partial charge on any atom is -0.373 e. The van der Waals surface area contributed by atoms with Crippen molar-refractivity contribution in [2.75, 3.05) is 17.7 Å². The Labute approximate surface area is 117 Å². The average molecular weight is 266 g/mol. The number of aromatic nitrogens is 1. The molecule has 1 aromatic heterocycles. The van der Waals surface area contributed by atoms with Crippen molar-refractivity contribution in [3.05, 3.63) is 53.2 Å². The summed E-state index contributed by atoms with van der Waals surface area (Å²) in [6.07, 6.45) is 0. The molecule has 0 spiro atoms. The molecular weight excluding hydrogens is 252 g/mol. The van der Waals surface area contributed by atoms with Crippen LogP contribution >= 0.6 is 0 Å². The summed E-state index contributed by atoms with van der Waals surface area (Å²) in [6.45, 7) is 1.83. The van der Waals surface area contributed by atoms with Crippen LogP contribution in [0.25, 0.3) is 0 Å². The van der Waals surface area contributed by atoms with Crippen LogP contribution in [-0.2, 0) is 0 Å². The van der Waals surface area contributed by atoms with E-state index in [0.717, 1.165) is 5.69 Å². The van der Waals surface area contributed by atoms with E-state index in [9.17, 15) is 4.79 Å². The van der Waals surface area contributed by atoms with Crippen LogP contribution in [0.4, 0.5) is 11.5 Å².